The normalized spacial score (nSPS) is 10.6. The molecule has 0 aliphatic heterocycles. The molecule has 0 fully saturated rings. The van der Waals surface area contributed by atoms with Crippen LogP contribution in [0.15, 0.2) is 36.7 Å². The molecule has 0 aliphatic rings. The van der Waals surface area contributed by atoms with Crippen molar-refractivity contribution in [3.05, 3.63) is 70.6 Å². The van der Waals surface area contributed by atoms with E-state index in [0.717, 1.165) is 0 Å². The van der Waals surface area contributed by atoms with Gasteiger partial charge in [0.1, 0.15) is 5.69 Å². The Labute approximate surface area is 167 Å². The molecule has 8 nitrogen and oxygen atoms in total. The molecule has 0 aliphatic carbocycles. The highest BCUT2D eigenvalue weighted by atomic mass is 16.5. The second-order valence-electron chi connectivity index (χ2n) is 6.57. The maximum atomic E-state index is 12.8. The molecule has 150 valence electrons. The predicted octanol–water partition coefficient (Wildman–Crippen LogP) is 3.03. The van der Waals surface area contributed by atoms with Gasteiger partial charge in [-0.1, -0.05) is 12.1 Å². The SMILES string of the molecule is CCOC(=O)c1[nH]c(C)c(C(=O)Nc2cccc(C(=O)c3nccn3C)c2)c1C. The van der Waals surface area contributed by atoms with Crippen LogP contribution in [-0.2, 0) is 11.8 Å². The van der Waals surface area contributed by atoms with Gasteiger partial charge in [0.15, 0.2) is 5.82 Å². The van der Waals surface area contributed by atoms with Crippen LogP contribution in [-0.4, -0.2) is 38.8 Å². The molecule has 3 aromatic rings. The summed E-state index contributed by atoms with van der Waals surface area (Å²) in [4.78, 5) is 44.5. The van der Waals surface area contributed by atoms with Gasteiger partial charge in [0.05, 0.1) is 12.2 Å². The Morgan fingerprint density at radius 2 is 2.00 bits per heavy atom. The van der Waals surface area contributed by atoms with E-state index in [0.29, 0.717) is 33.9 Å². The van der Waals surface area contributed by atoms with Crippen molar-refractivity contribution in [2.45, 2.75) is 20.8 Å². The second-order valence-corrected chi connectivity index (χ2v) is 6.57. The Bertz CT molecular complexity index is 1090. The topological polar surface area (TPSA) is 106 Å². The number of aromatic nitrogens is 3. The minimum Gasteiger partial charge on any atom is -0.461 e. The molecule has 3 rings (SSSR count). The summed E-state index contributed by atoms with van der Waals surface area (Å²) in [5.74, 6) is -0.819. The van der Waals surface area contributed by atoms with E-state index in [1.54, 1.807) is 69.0 Å². The van der Waals surface area contributed by atoms with Gasteiger partial charge < -0.3 is 19.6 Å². The lowest BCUT2D eigenvalue weighted by Crippen LogP contribution is -2.15. The van der Waals surface area contributed by atoms with Crippen molar-refractivity contribution in [3.63, 3.8) is 0 Å². The van der Waals surface area contributed by atoms with E-state index in [-0.39, 0.29) is 24.0 Å². The van der Waals surface area contributed by atoms with Gasteiger partial charge in [-0.05, 0) is 38.5 Å². The Morgan fingerprint density at radius 1 is 1.24 bits per heavy atom. The smallest absolute Gasteiger partial charge is 0.355 e. The maximum absolute atomic E-state index is 12.8. The number of esters is 1. The molecule has 2 N–H and O–H groups in total. The third-order valence-electron chi connectivity index (χ3n) is 4.55. The van der Waals surface area contributed by atoms with Crippen LogP contribution >= 0.6 is 0 Å². The van der Waals surface area contributed by atoms with Crippen LogP contribution in [0.2, 0.25) is 0 Å². The average Bonchev–Trinajstić information content (AvgIpc) is 3.24. The first-order valence-corrected chi connectivity index (χ1v) is 9.13. The average molecular weight is 394 g/mol. The summed E-state index contributed by atoms with van der Waals surface area (Å²) < 4.78 is 6.65. The minimum absolute atomic E-state index is 0.243. The molecule has 0 bridgehead atoms. The second kappa shape index (κ2) is 8.14. The number of hydrogen-bond donors (Lipinski definition) is 2. The highest BCUT2D eigenvalue weighted by Crippen LogP contribution is 2.21. The molecule has 0 radical (unpaired) electrons. The molecule has 0 saturated carbocycles. The molecule has 1 amide bonds. The summed E-state index contributed by atoms with van der Waals surface area (Å²) in [5.41, 5.74) is 2.57. The zero-order valence-corrected chi connectivity index (χ0v) is 16.7. The molecular formula is C21H22N4O4. The standard InChI is InChI=1S/C21H22N4O4/c1-5-29-21(28)17-12(2)16(13(3)23-17)20(27)24-15-8-6-7-14(11-15)18(26)19-22-9-10-25(19)4/h6-11,23H,5H2,1-4H3,(H,24,27). The quantitative estimate of drug-likeness (QED) is 0.494. The molecule has 2 heterocycles. The van der Waals surface area contributed by atoms with Crippen LogP contribution in [0.5, 0.6) is 0 Å². The first-order chi connectivity index (χ1) is 13.8. The number of anilines is 1. The van der Waals surface area contributed by atoms with Crippen LogP contribution in [0.25, 0.3) is 0 Å². The van der Waals surface area contributed by atoms with Crippen molar-refractivity contribution in [1.29, 1.82) is 0 Å². The summed E-state index contributed by atoms with van der Waals surface area (Å²) in [7, 11) is 1.74. The summed E-state index contributed by atoms with van der Waals surface area (Å²) in [6.45, 7) is 5.36. The maximum Gasteiger partial charge on any atom is 0.355 e. The van der Waals surface area contributed by atoms with Gasteiger partial charge in [0.25, 0.3) is 5.91 Å². The fourth-order valence-electron chi connectivity index (χ4n) is 3.14. The number of imidazole rings is 1. The first-order valence-electron chi connectivity index (χ1n) is 9.13. The Morgan fingerprint density at radius 3 is 2.66 bits per heavy atom. The van der Waals surface area contributed by atoms with Crippen molar-refractivity contribution in [1.82, 2.24) is 14.5 Å². The third kappa shape index (κ3) is 3.96. The van der Waals surface area contributed by atoms with Crippen LogP contribution in [0.1, 0.15) is 55.2 Å². The fraction of sp³-hybridized carbons (Fsp3) is 0.238. The summed E-state index contributed by atoms with van der Waals surface area (Å²) in [5, 5.41) is 2.79. The highest BCUT2D eigenvalue weighted by molar-refractivity contribution is 6.10. The van der Waals surface area contributed by atoms with Gasteiger partial charge in [-0.15, -0.1) is 0 Å². The number of carbonyl (C=O) groups excluding carboxylic acids is 3. The van der Waals surface area contributed by atoms with Crippen molar-refractivity contribution in [2.24, 2.45) is 7.05 Å². The number of amides is 1. The largest absolute Gasteiger partial charge is 0.461 e. The van der Waals surface area contributed by atoms with Gasteiger partial charge in [0.2, 0.25) is 5.78 Å². The summed E-state index contributed by atoms with van der Waals surface area (Å²) >= 11 is 0. The molecule has 0 spiro atoms. The van der Waals surface area contributed by atoms with Gasteiger partial charge in [0, 0.05) is 36.4 Å². The Balaban J connectivity index is 1.84. The van der Waals surface area contributed by atoms with E-state index < -0.39 is 5.97 Å². The zero-order valence-electron chi connectivity index (χ0n) is 16.7. The van der Waals surface area contributed by atoms with E-state index in [9.17, 15) is 14.4 Å². The minimum atomic E-state index is -0.505. The molecule has 1 aromatic carbocycles. The van der Waals surface area contributed by atoms with Crippen molar-refractivity contribution < 1.29 is 19.1 Å². The van der Waals surface area contributed by atoms with Crippen LogP contribution < -0.4 is 5.32 Å². The molecule has 2 aromatic heterocycles. The van der Waals surface area contributed by atoms with Gasteiger partial charge in [-0.2, -0.15) is 0 Å². The van der Waals surface area contributed by atoms with E-state index in [1.807, 2.05) is 0 Å². The molecule has 0 unspecified atom stereocenters. The zero-order chi connectivity index (χ0) is 21.1. The number of ketones is 1. The van der Waals surface area contributed by atoms with Gasteiger partial charge in [-0.25, -0.2) is 9.78 Å². The number of nitrogens with zero attached hydrogens (tertiary/aromatic N) is 2. The Hall–Kier alpha value is -3.68. The van der Waals surface area contributed by atoms with E-state index >= 15 is 0 Å². The van der Waals surface area contributed by atoms with E-state index in [2.05, 4.69) is 15.3 Å². The number of rotatable bonds is 6. The van der Waals surface area contributed by atoms with Gasteiger partial charge >= 0.3 is 5.97 Å². The van der Waals surface area contributed by atoms with Crippen molar-refractivity contribution in [3.8, 4) is 0 Å². The lowest BCUT2D eigenvalue weighted by molar-refractivity contribution is 0.0519. The number of H-pyrrole nitrogens is 1. The lowest BCUT2D eigenvalue weighted by atomic mass is 10.1. The predicted molar refractivity (Wildman–Crippen MR) is 107 cm³/mol. The number of benzene rings is 1. The molecule has 29 heavy (non-hydrogen) atoms. The first kappa shape index (κ1) is 20.1. The monoisotopic (exact) mass is 394 g/mol. The molecular weight excluding hydrogens is 372 g/mol. The van der Waals surface area contributed by atoms with E-state index in [1.165, 1.54) is 0 Å². The highest BCUT2D eigenvalue weighted by Gasteiger charge is 2.23. The number of aromatic amines is 1. The van der Waals surface area contributed by atoms with Crippen molar-refractivity contribution >= 4 is 23.3 Å². The number of nitrogens with one attached hydrogen (secondary N) is 2. The van der Waals surface area contributed by atoms with Crippen LogP contribution in [0, 0.1) is 13.8 Å². The van der Waals surface area contributed by atoms with Crippen LogP contribution in [0.4, 0.5) is 5.69 Å². The fourth-order valence-corrected chi connectivity index (χ4v) is 3.14. The van der Waals surface area contributed by atoms with Crippen molar-refractivity contribution in [2.75, 3.05) is 11.9 Å². The molecule has 8 heteroatoms. The number of hydrogen-bond acceptors (Lipinski definition) is 5. The molecule has 0 saturated heterocycles. The summed E-state index contributed by atoms with van der Waals surface area (Å²) in [6, 6.07) is 6.64. The van der Waals surface area contributed by atoms with Gasteiger partial charge in [-0.3, -0.25) is 9.59 Å². The lowest BCUT2D eigenvalue weighted by Gasteiger charge is -2.08. The number of aryl methyl sites for hydroxylation is 2. The number of ether oxygens (including phenoxy) is 1. The Kier molecular flexibility index (Phi) is 5.63. The van der Waals surface area contributed by atoms with E-state index in [4.69, 9.17) is 4.74 Å². The summed E-state index contributed by atoms with van der Waals surface area (Å²) in [6.07, 6.45) is 3.24. The third-order valence-corrected chi connectivity index (χ3v) is 4.55. The number of carbonyl (C=O) groups is 3. The van der Waals surface area contributed by atoms with Crippen LogP contribution in [0.3, 0.4) is 0 Å². The molecule has 0 atom stereocenters.